The summed E-state index contributed by atoms with van der Waals surface area (Å²) < 4.78 is 23.6. The molecule has 4 rings (SSSR count). The maximum Gasteiger partial charge on any atom is 0.333 e. The molecule has 3 aliphatic rings. The lowest BCUT2D eigenvalue weighted by atomic mass is 9.74. The molecule has 0 bridgehead atoms. The summed E-state index contributed by atoms with van der Waals surface area (Å²) in [5.41, 5.74) is -0.787. The molecule has 0 radical (unpaired) electrons. The number of hydrogen-bond donors (Lipinski definition) is 7. The molecule has 244 valence electrons. The van der Waals surface area contributed by atoms with Crippen LogP contribution in [0.2, 0.25) is 0 Å². The second-order valence-corrected chi connectivity index (χ2v) is 11.8. The smallest absolute Gasteiger partial charge is 0.333 e. The third-order valence-electron chi connectivity index (χ3n) is 8.76. The Hall–Kier alpha value is -3.04. The van der Waals surface area contributed by atoms with Crippen molar-refractivity contribution in [1.29, 1.82) is 0 Å². The maximum absolute atomic E-state index is 12.4. The number of aliphatic carboxylic acids is 1. The summed E-state index contributed by atoms with van der Waals surface area (Å²) in [7, 11) is 1.18. The average Bonchev–Trinajstić information content (AvgIpc) is 3.44. The van der Waals surface area contributed by atoms with Gasteiger partial charge in [0.1, 0.15) is 30.7 Å². The molecule has 1 spiro atoms. The monoisotopic (exact) mass is 621 g/mol. The van der Waals surface area contributed by atoms with Crippen LogP contribution in [0.1, 0.15) is 51.1 Å². The fraction of sp³-hybridized carbons (Fsp3) is 0.613. The highest BCUT2D eigenvalue weighted by Crippen LogP contribution is 2.45. The van der Waals surface area contributed by atoms with Gasteiger partial charge in [-0.15, -0.1) is 6.58 Å². The molecular formula is C31H43NO12. The number of carbonyl (C=O) groups excluding carboxylic acids is 1. The van der Waals surface area contributed by atoms with Gasteiger partial charge in [-0.2, -0.15) is 0 Å². The van der Waals surface area contributed by atoms with E-state index in [1.807, 2.05) is 19.9 Å². The molecule has 44 heavy (non-hydrogen) atoms. The van der Waals surface area contributed by atoms with Crippen LogP contribution in [0.4, 0.5) is 0 Å². The SMILES string of the molecule is C=CC1C(OC2(CO)OC(CO)C3(C=c4cc(C(C)C)[nH]c4=C(CCCO)O3)C(O)C2O)CC=C(C(=O)OC)C1CC(=O)O. The Morgan fingerprint density at radius 1 is 1.23 bits per heavy atom. The molecule has 1 fully saturated rings. The Labute approximate surface area is 254 Å². The Kier molecular flexibility index (Phi) is 10.4. The minimum Gasteiger partial charge on any atom is -0.481 e. The largest absolute Gasteiger partial charge is 0.481 e. The van der Waals surface area contributed by atoms with Crippen molar-refractivity contribution in [2.24, 2.45) is 11.8 Å². The van der Waals surface area contributed by atoms with Crippen LogP contribution in [-0.2, 0) is 28.5 Å². The van der Waals surface area contributed by atoms with Gasteiger partial charge >= 0.3 is 11.9 Å². The number of aliphatic hydroxyl groups excluding tert-OH is 5. The fourth-order valence-electron chi connectivity index (χ4n) is 6.43. The third-order valence-corrected chi connectivity index (χ3v) is 8.76. The number of aliphatic hydroxyl groups is 5. The van der Waals surface area contributed by atoms with Gasteiger partial charge in [-0.25, -0.2) is 4.79 Å². The number of hydrogen-bond acceptors (Lipinski definition) is 11. The lowest BCUT2D eigenvalue weighted by Crippen LogP contribution is -2.74. The predicted molar refractivity (Wildman–Crippen MR) is 155 cm³/mol. The Morgan fingerprint density at radius 3 is 2.52 bits per heavy atom. The van der Waals surface area contributed by atoms with E-state index in [9.17, 15) is 40.2 Å². The van der Waals surface area contributed by atoms with Crippen LogP contribution in [0, 0.1) is 11.8 Å². The fourth-order valence-corrected chi connectivity index (χ4v) is 6.43. The molecule has 1 aromatic heterocycles. The van der Waals surface area contributed by atoms with Gasteiger partial charge in [-0.05, 0) is 30.9 Å². The highest BCUT2D eigenvalue weighted by molar-refractivity contribution is 5.90. The second-order valence-electron chi connectivity index (χ2n) is 11.8. The van der Waals surface area contributed by atoms with Crippen molar-refractivity contribution in [3.63, 3.8) is 0 Å². The molecule has 3 heterocycles. The van der Waals surface area contributed by atoms with Gasteiger partial charge in [-0.1, -0.05) is 26.0 Å². The van der Waals surface area contributed by atoms with Crippen molar-refractivity contribution < 1.29 is 59.2 Å². The number of aromatic nitrogens is 1. The van der Waals surface area contributed by atoms with Crippen LogP contribution in [0.15, 0.2) is 30.4 Å². The molecule has 8 unspecified atom stereocenters. The molecule has 1 aromatic rings. The minimum atomic E-state index is -2.28. The van der Waals surface area contributed by atoms with Crippen LogP contribution in [0.25, 0.3) is 11.8 Å². The average molecular weight is 622 g/mol. The molecule has 13 heteroatoms. The van der Waals surface area contributed by atoms with Gasteiger partial charge in [0, 0.05) is 41.3 Å². The molecular weight excluding hydrogens is 578 g/mol. The molecule has 0 aromatic carbocycles. The summed E-state index contributed by atoms with van der Waals surface area (Å²) in [5.74, 6) is -5.34. The number of esters is 1. The summed E-state index contributed by atoms with van der Waals surface area (Å²) in [5, 5.41) is 64.9. The van der Waals surface area contributed by atoms with E-state index >= 15 is 0 Å². The van der Waals surface area contributed by atoms with Gasteiger partial charge in [0.25, 0.3) is 0 Å². The van der Waals surface area contributed by atoms with E-state index in [2.05, 4.69) is 11.6 Å². The van der Waals surface area contributed by atoms with Crippen LogP contribution in [0.5, 0.6) is 0 Å². The zero-order chi connectivity index (χ0) is 32.4. The molecule has 2 aliphatic heterocycles. The lowest BCUT2D eigenvalue weighted by Gasteiger charge is -2.55. The van der Waals surface area contributed by atoms with E-state index in [0.29, 0.717) is 22.7 Å². The topological polar surface area (TPSA) is 208 Å². The summed E-state index contributed by atoms with van der Waals surface area (Å²) in [6.45, 7) is 6.01. The normalized spacial score (nSPS) is 33.3. The zero-order valence-electron chi connectivity index (χ0n) is 25.1. The quantitative estimate of drug-likeness (QED) is 0.113. The van der Waals surface area contributed by atoms with Crippen molar-refractivity contribution >= 4 is 23.8 Å². The molecule has 1 aliphatic carbocycles. The first-order valence-corrected chi connectivity index (χ1v) is 14.7. The van der Waals surface area contributed by atoms with Crippen LogP contribution < -0.4 is 10.6 Å². The molecule has 7 N–H and O–H groups in total. The molecule has 1 saturated heterocycles. The number of carboxylic acids is 1. The Balaban J connectivity index is 1.74. The van der Waals surface area contributed by atoms with Crippen LogP contribution in [0.3, 0.4) is 0 Å². The molecule has 13 nitrogen and oxygen atoms in total. The number of methoxy groups -OCH3 is 1. The van der Waals surface area contributed by atoms with Crippen LogP contribution in [-0.4, -0.2) is 110 Å². The van der Waals surface area contributed by atoms with Gasteiger partial charge in [0.2, 0.25) is 5.79 Å². The number of H-pyrrole nitrogens is 1. The summed E-state index contributed by atoms with van der Waals surface area (Å²) >= 11 is 0. The number of carbonyl (C=O) groups is 2. The van der Waals surface area contributed by atoms with E-state index in [-0.39, 0.29) is 30.9 Å². The summed E-state index contributed by atoms with van der Waals surface area (Å²) in [6, 6.07) is 1.88. The van der Waals surface area contributed by atoms with E-state index in [1.165, 1.54) is 19.3 Å². The van der Waals surface area contributed by atoms with E-state index in [4.69, 9.17) is 18.9 Å². The van der Waals surface area contributed by atoms with Crippen molar-refractivity contribution in [2.75, 3.05) is 26.9 Å². The number of rotatable bonds is 12. The van der Waals surface area contributed by atoms with Gasteiger partial charge in [0.15, 0.2) is 5.60 Å². The standard InChI is InChI=1S/C31H43NO12/c1-5-18-20(12-25(36)37)19(29(40)41-4)8-9-22(18)43-31(15-35)28(39)27(38)30(24(14-34)44-31)13-17-11-21(16(2)3)32-26(17)23(42-30)7-6-10-33/h5,8,11,13,16,18,20,22,24,27-28,32-35,38-39H,1,6-7,9-10,12,14-15H2,2-4H3,(H,36,37). The number of carboxylic acid groups (broad SMARTS) is 1. The van der Waals surface area contributed by atoms with Crippen molar-refractivity contribution in [1.82, 2.24) is 4.98 Å². The Morgan fingerprint density at radius 2 is 1.95 bits per heavy atom. The first-order chi connectivity index (χ1) is 20.9. The molecule has 8 atom stereocenters. The highest BCUT2D eigenvalue weighted by Gasteiger charge is 2.64. The van der Waals surface area contributed by atoms with Crippen molar-refractivity contribution in [2.45, 2.75) is 81.3 Å². The van der Waals surface area contributed by atoms with E-state index in [1.54, 1.807) is 6.08 Å². The van der Waals surface area contributed by atoms with Crippen molar-refractivity contribution in [3.05, 3.63) is 46.6 Å². The third kappa shape index (κ3) is 5.97. The predicted octanol–water partition coefficient (Wildman–Crippen LogP) is -0.849. The lowest BCUT2D eigenvalue weighted by molar-refractivity contribution is -0.394. The number of nitrogens with one attached hydrogen (secondary N) is 1. The maximum atomic E-state index is 12.4. The van der Waals surface area contributed by atoms with Gasteiger partial charge in [0.05, 0.1) is 31.6 Å². The van der Waals surface area contributed by atoms with Gasteiger partial charge in [-0.3, -0.25) is 4.79 Å². The first kappa shape index (κ1) is 33.8. The van der Waals surface area contributed by atoms with Gasteiger partial charge < -0.3 is 54.6 Å². The minimum absolute atomic E-state index is 0.0342. The number of fused-ring (bicyclic) bond motifs is 1. The zero-order valence-corrected chi connectivity index (χ0v) is 25.1. The molecule has 0 saturated carbocycles. The first-order valence-electron chi connectivity index (χ1n) is 14.7. The Bertz CT molecular complexity index is 1380. The molecule has 0 amide bonds. The number of ether oxygens (including phenoxy) is 4. The summed E-state index contributed by atoms with van der Waals surface area (Å²) in [6.07, 6.45) is -1.35. The second kappa shape index (κ2) is 13.5. The van der Waals surface area contributed by atoms with E-state index < -0.39 is 79.2 Å². The van der Waals surface area contributed by atoms with Crippen LogP contribution >= 0.6 is 0 Å². The highest BCUT2D eigenvalue weighted by atomic mass is 16.7. The van der Waals surface area contributed by atoms with Crippen molar-refractivity contribution in [3.8, 4) is 0 Å². The van der Waals surface area contributed by atoms with E-state index in [0.717, 1.165) is 5.69 Å². The number of aromatic amines is 1. The summed E-state index contributed by atoms with van der Waals surface area (Å²) in [4.78, 5) is 27.5.